The molecule has 7 heteroatoms. The van der Waals surface area contributed by atoms with Gasteiger partial charge in [-0.05, 0) is 36.4 Å². The van der Waals surface area contributed by atoms with Gasteiger partial charge in [-0.25, -0.2) is 9.78 Å². The largest absolute Gasteiger partial charge is 0.493 e. The Morgan fingerprint density at radius 3 is 2.77 bits per heavy atom. The molecule has 0 aliphatic rings. The smallest absolute Gasteiger partial charge is 0.345 e. The second-order valence-electron chi connectivity index (χ2n) is 5.50. The number of hydrogen-bond donors (Lipinski definition) is 1. The zero-order valence-corrected chi connectivity index (χ0v) is 15.2. The van der Waals surface area contributed by atoms with Crippen LogP contribution in [0.4, 0.5) is 10.8 Å². The Morgan fingerprint density at radius 1 is 1.19 bits per heavy atom. The lowest BCUT2D eigenvalue weighted by molar-refractivity contribution is 0.407. The molecule has 4 rings (SSSR count). The lowest BCUT2D eigenvalue weighted by Crippen LogP contribution is -2.03. The summed E-state index contributed by atoms with van der Waals surface area (Å²) >= 11 is 7.30. The highest BCUT2D eigenvalue weighted by atomic mass is 35.5. The van der Waals surface area contributed by atoms with Crippen molar-refractivity contribution in [3.63, 3.8) is 0 Å². The Morgan fingerprint density at radius 2 is 2.00 bits per heavy atom. The second-order valence-corrected chi connectivity index (χ2v) is 6.79. The fraction of sp³-hybridized carbons (Fsp3) is 0.0526. The van der Waals surface area contributed by atoms with Crippen molar-refractivity contribution in [3.8, 4) is 17.0 Å². The molecule has 2 aromatic carbocycles. The van der Waals surface area contributed by atoms with Gasteiger partial charge in [0.15, 0.2) is 16.5 Å². The second kappa shape index (κ2) is 6.82. The molecule has 2 aromatic heterocycles. The van der Waals surface area contributed by atoms with Crippen LogP contribution in [0.15, 0.2) is 63.1 Å². The first-order chi connectivity index (χ1) is 12.6. The van der Waals surface area contributed by atoms with Crippen LogP contribution in [-0.2, 0) is 0 Å². The van der Waals surface area contributed by atoms with Crippen molar-refractivity contribution in [1.82, 2.24) is 4.98 Å². The molecule has 130 valence electrons. The minimum atomic E-state index is -0.453. The van der Waals surface area contributed by atoms with Gasteiger partial charge in [-0.15, -0.1) is 11.3 Å². The van der Waals surface area contributed by atoms with E-state index in [9.17, 15) is 4.79 Å². The van der Waals surface area contributed by atoms with Gasteiger partial charge in [0.25, 0.3) is 0 Å². The van der Waals surface area contributed by atoms with Crippen LogP contribution >= 0.6 is 22.9 Å². The van der Waals surface area contributed by atoms with E-state index in [0.29, 0.717) is 32.7 Å². The highest BCUT2D eigenvalue weighted by Gasteiger charge is 2.13. The lowest BCUT2D eigenvalue weighted by Gasteiger charge is -2.04. The highest BCUT2D eigenvalue weighted by molar-refractivity contribution is 7.14. The molecule has 0 amide bonds. The molecule has 0 bridgehead atoms. The van der Waals surface area contributed by atoms with Gasteiger partial charge in [0.05, 0.1) is 18.4 Å². The summed E-state index contributed by atoms with van der Waals surface area (Å²) in [7, 11) is 1.54. The standard InChI is InChI=1S/C19H13ClN2O3S/c1-24-16-4-2-3-11-9-14(18(23)25-17(11)16)15-10-26-19(22-15)21-13-7-5-12(20)6-8-13/h2-10H,1H3,(H,21,22). The van der Waals surface area contributed by atoms with Gasteiger partial charge in [0.2, 0.25) is 0 Å². The van der Waals surface area contributed by atoms with Crippen LogP contribution in [0.1, 0.15) is 0 Å². The van der Waals surface area contributed by atoms with Gasteiger partial charge in [-0.1, -0.05) is 23.7 Å². The van der Waals surface area contributed by atoms with Crippen LogP contribution in [0.5, 0.6) is 5.75 Å². The van der Waals surface area contributed by atoms with Crippen molar-refractivity contribution < 1.29 is 9.15 Å². The van der Waals surface area contributed by atoms with Gasteiger partial charge in [-0.2, -0.15) is 0 Å². The van der Waals surface area contributed by atoms with E-state index in [0.717, 1.165) is 11.1 Å². The van der Waals surface area contributed by atoms with Crippen LogP contribution in [0, 0.1) is 0 Å². The molecule has 26 heavy (non-hydrogen) atoms. The van der Waals surface area contributed by atoms with Gasteiger partial charge in [-0.3, -0.25) is 0 Å². The first kappa shape index (κ1) is 16.6. The summed E-state index contributed by atoms with van der Waals surface area (Å²) in [5.41, 5.74) is 1.81. The maximum atomic E-state index is 12.4. The minimum Gasteiger partial charge on any atom is -0.493 e. The normalized spacial score (nSPS) is 10.8. The van der Waals surface area contributed by atoms with Crippen molar-refractivity contribution >= 4 is 44.7 Å². The molecule has 2 heterocycles. The van der Waals surface area contributed by atoms with Gasteiger partial charge < -0.3 is 14.5 Å². The Hall–Kier alpha value is -2.83. The van der Waals surface area contributed by atoms with E-state index in [1.807, 2.05) is 29.6 Å². The summed E-state index contributed by atoms with van der Waals surface area (Å²) in [6, 6.07) is 14.5. The van der Waals surface area contributed by atoms with Gasteiger partial charge >= 0.3 is 5.63 Å². The predicted octanol–water partition coefficient (Wildman–Crippen LogP) is 5.32. The van der Waals surface area contributed by atoms with E-state index in [4.69, 9.17) is 20.8 Å². The average Bonchev–Trinajstić information content (AvgIpc) is 3.11. The molecule has 0 spiro atoms. The predicted molar refractivity (Wildman–Crippen MR) is 105 cm³/mol. The number of ether oxygens (including phenoxy) is 1. The molecule has 0 saturated heterocycles. The Labute approximate surface area is 157 Å². The zero-order chi connectivity index (χ0) is 18.1. The highest BCUT2D eigenvalue weighted by Crippen LogP contribution is 2.30. The van der Waals surface area contributed by atoms with Crippen LogP contribution in [-0.4, -0.2) is 12.1 Å². The first-order valence-corrected chi connectivity index (χ1v) is 8.99. The van der Waals surface area contributed by atoms with Crippen LogP contribution in [0.25, 0.3) is 22.2 Å². The number of anilines is 2. The van der Waals surface area contributed by atoms with Crippen LogP contribution < -0.4 is 15.7 Å². The molecule has 0 fully saturated rings. The quantitative estimate of drug-likeness (QED) is 0.482. The number of nitrogens with one attached hydrogen (secondary N) is 1. The monoisotopic (exact) mass is 384 g/mol. The van der Waals surface area contributed by atoms with Crippen LogP contribution in [0.3, 0.4) is 0 Å². The number of halogens is 1. The average molecular weight is 385 g/mol. The summed E-state index contributed by atoms with van der Waals surface area (Å²) in [4.78, 5) is 16.9. The summed E-state index contributed by atoms with van der Waals surface area (Å²) < 4.78 is 10.7. The summed E-state index contributed by atoms with van der Waals surface area (Å²) in [5, 5.41) is 7.13. The number of hydrogen-bond acceptors (Lipinski definition) is 6. The first-order valence-electron chi connectivity index (χ1n) is 7.73. The minimum absolute atomic E-state index is 0.408. The number of aromatic nitrogens is 1. The van der Waals surface area contributed by atoms with Gasteiger partial charge in [0.1, 0.15) is 0 Å². The molecule has 0 atom stereocenters. The summed E-state index contributed by atoms with van der Waals surface area (Å²) in [5.74, 6) is 0.523. The molecular formula is C19H13ClN2O3S. The molecule has 1 N–H and O–H groups in total. The van der Waals surface area contributed by atoms with E-state index in [1.54, 1.807) is 24.3 Å². The van der Waals surface area contributed by atoms with Crippen molar-refractivity contribution in [2.75, 3.05) is 12.4 Å². The third kappa shape index (κ3) is 3.16. The maximum absolute atomic E-state index is 12.4. The third-order valence-corrected chi connectivity index (χ3v) is 4.83. The molecule has 0 unspecified atom stereocenters. The van der Waals surface area contributed by atoms with Crippen molar-refractivity contribution in [2.24, 2.45) is 0 Å². The Bertz CT molecular complexity index is 1140. The maximum Gasteiger partial charge on any atom is 0.345 e. The molecule has 4 aromatic rings. The van der Waals surface area contributed by atoms with E-state index in [2.05, 4.69) is 10.3 Å². The number of rotatable bonds is 4. The topological polar surface area (TPSA) is 64.4 Å². The molecular weight excluding hydrogens is 372 g/mol. The van der Waals surface area contributed by atoms with E-state index in [1.165, 1.54) is 18.4 Å². The summed E-state index contributed by atoms with van der Waals surface area (Å²) in [6.45, 7) is 0. The summed E-state index contributed by atoms with van der Waals surface area (Å²) in [6.07, 6.45) is 0. The van der Waals surface area contributed by atoms with Crippen molar-refractivity contribution in [1.29, 1.82) is 0 Å². The molecule has 0 aliphatic carbocycles. The number of nitrogens with zero attached hydrogens (tertiary/aromatic N) is 1. The van der Waals surface area contributed by atoms with E-state index >= 15 is 0 Å². The number of fused-ring (bicyclic) bond motifs is 1. The fourth-order valence-corrected chi connectivity index (χ4v) is 3.43. The van der Waals surface area contributed by atoms with Crippen molar-refractivity contribution in [2.45, 2.75) is 0 Å². The zero-order valence-electron chi connectivity index (χ0n) is 13.7. The van der Waals surface area contributed by atoms with Gasteiger partial charge in [0, 0.05) is 21.5 Å². The number of thiazole rings is 1. The van der Waals surface area contributed by atoms with E-state index < -0.39 is 5.63 Å². The fourth-order valence-electron chi connectivity index (χ4n) is 2.57. The Kier molecular flexibility index (Phi) is 4.36. The molecule has 0 radical (unpaired) electrons. The third-order valence-electron chi connectivity index (χ3n) is 3.82. The lowest BCUT2D eigenvalue weighted by atomic mass is 10.1. The number of benzene rings is 2. The number of para-hydroxylation sites is 1. The molecule has 5 nitrogen and oxygen atoms in total. The van der Waals surface area contributed by atoms with Crippen LogP contribution in [0.2, 0.25) is 5.02 Å². The molecule has 0 aliphatic heterocycles. The van der Waals surface area contributed by atoms with E-state index in [-0.39, 0.29) is 0 Å². The Balaban J connectivity index is 1.70. The van der Waals surface area contributed by atoms with Crippen molar-refractivity contribution in [3.05, 3.63) is 69.4 Å². The number of methoxy groups -OCH3 is 1. The SMILES string of the molecule is COc1cccc2cc(-c3csc(Nc4ccc(Cl)cc4)n3)c(=O)oc12. The molecule has 0 saturated carbocycles.